The van der Waals surface area contributed by atoms with Crippen LogP contribution in [0.3, 0.4) is 0 Å². The number of sulfone groups is 1. The van der Waals surface area contributed by atoms with Gasteiger partial charge < -0.3 is 5.11 Å². The first-order chi connectivity index (χ1) is 7.24. The predicted molar refractivity (Wildman–Crippen MR) is 52.1 cm³/mol. The van der Waals surface area contributed by atoms with Crippen molar-refractivity contribution in [2.45, 2.75) is 5.51 Å². The van der Waals surface area contributed by atoms with Crippen LogP contribution >= 0.6 is 0 Å². The van der Waals surface area contributed by atoms with Crippen LogP contribution in [0, 0.1) is 0 Å². The Morgan fingerprint density at radius 2 is 1.75 bits per heavy atom. The van der Waals surface area contributed by atoms with E-state index in [2.05, 4.69) is 0 Å². The van der Waals surface area contributed by atoms with E-state index < -0.39 is 15.3 Å². The van der Waals surface area contributed by atoms with Gasteiger partial charge in [-0.1, -0.05) is 18.2 Å². The number of phenols is 1. The van der Waals surface area contributed by atoms with E-state index in [1.54, 1.807) is 0 Å². The Morgan fingerprint density at radius 1 is 1.19 bits per heavy atom. The second-order valence-electron chi connectivity index (χ2n) is 2.85. The number of rotatable bonds is 2. The Labute approximate surface area is 89.8 Å². The molecule has 0 aromatic heterocycles. The Balaban J connectivity index is 3.04. The summed E-state index contributed by atoms with van der Waals surface area (Å²) in [6.07, 6.45) is 0.693. The largest absolute Gasteiger partial charge is 0.507 e. The minimum atomic E-state index is -5.33. The molecule has 0 heterocycles. The Bertz CT molecular complexity index is 503. The Hall–Kier alpha value is -1.50. The molecule has 0 spiro atoms. The summed E-state index contributed by atoms with van der Waals surface area (Å²) in [4.78, 5) is 0. The average molecular weight is 252 g/mol. The van der Waals surface area contributed by atoms with Crippen molar-refractivity contribution in [2.24, 2.45) is 0 Å². The number of halogens is 3. The van der Waals surface area contributed by atoms with Crippen LogP contribution < -0.4 is 0 Å². The second kappa shape index (κ2) is 4.17. The Kier molecular flexibility index (Phi) is 3.27. The summed E-state index contributed by atoms with van der Waals surface area (Å²) in [6.45, 7) is 0. The molecule has 88 valence electrons. The minimum absolute atomic E-state index is 0.00433. The van der Waals surface area contributed by atoms with Crippen LogP contribution in [0.5, 0.6) is 5.75 Å². The molecule has 0 saturated carbocycles. The van der Waals surface area contributed by atoms with Crippen molar-refractivity contribution in [2.75, 3.05) is 0 Å². The quantitative estimate of drug-likeness (QED) is 0.878. The molecule has 1 rings (SSSR count). The number of aromatic hydroxyl groups is 1. The van der Waals surface area contributed by atoms with Crippen LogP contribution in [0.15, 0.2) is 29.7 Å². The summed E-state index contributed by atoms with van der Waals surface area (Å²) >= 11 is 0. The first-order valence-electron chi connectivity index (χ1n) is 4.01. The average Bonchev–Trinajstić information content (AvgIpc) is 2.15. The van der Waals surface area contributed by atoms with E-state index in [0.29, 0.717) is 6.08 Å². The molecule has 0 radical (unpaired) electrons. The van der Waals surface area contributed by atoms with Gasteiger partial charge in [0.05, 0.1) is 0 Å². The zero-order chi connectivity index (χ0) is 12.4. The molecule has 0 unspecified atom stereocenters. The van der Waals surface area contributed by atoms with E-state index >= 15 is 0 Å². The lowest BCUT2D eigenvalue weighted by Gasteiger charge is -2.03. The fraction of sp³-hybridized carbons (Fsp3) is 0.111. The van der Waals surface area contributed by atoms with Gasteiger partial charge in [-0.05, 0) is 12.1 Å². The highest BCUT2D eigenvalue weighted by atomic mass is 32.2. The van der Waals surface area contributed by atoms with Crippen molar-refractivity contribution in [3.8, 4) is 5.75 Å². The van der Waals surface area contributed by atoms with Crippen LogP contribution in [0.25, 0.3) is 6.08 Å². The summed E-state index contributed by atoms with van der Waals surface area (Å²) < 4.78 is 57.1. The van der Waals surface area contributed by atoms with Gasteiger partial charge in [0, 0.05) is 11.0 Å². The first-order valence-corrected chi connectivity index (χ1v) is 5.56. The van der Waals surface area contributed by atoms with Crippen LogP contribution in [0.4, 0.5) is 13.2 Å². The van der Waals surface area contributed by atoms with Crippen molar-refractivity contribution in [3.63, 3.8) is 0 Å². The molecule has 1 aromatic carbocycles. The fourth-order valence-electron chi connectivity index (χ4n) is 0.868. The minimum Gasteiger partial charge on any atom is -0.507 e. The van der Waals surface area contributed by atoms with Gasteiger partial charge in [-0.3, -0.25) is 0 Å². The maximum absolute atomic E-state index is 11.9. The SMILES string of the molecule is O=S(=O)(C=Cc1ccccc1O)C(F)(F)F. The van der Waals surface area contributed by atoms with Gasteiger partial charge in [-0.15, -0.1) is 0 Å². The highest BCUT2D eigenvalue weighted by molar-refractivity contribution is 7.95. The molecule has 0 aliphatic rings. The van der Waals surface area contributed by atoms with E-state index in [1.165, 1.54) is 24.3 Å². The summed E-state index contributed by atoms with van der Waals surface area (Å²) in [6, 6.07) is 5.45. The van der Waals surface area contributed by atoms with E-state index in [1.807, 2.05) is 0 Å². The van der Waals surface area contributed by atoms with E-state index in [-0.39, 0.29) is 16.7 Å². The monoisotopic (exact) mass is 252 g/mol. The Morgan fingerprint density at radius 3 is 2.25 bits per heavy atom. The molecule has 0 atom stereocenters. The number of alkyl halides is 3. The summed E-state index contributed by atoms with van der Waals surface area (Å²) in [5.74, 6) is -0.295. The summed E-state index contributed by atoms with van der Waals surface area (Å²) in [5.41, 5.74) is -5.33. The van der Waals surface area contributed by atoms with E-state index in [4.69, 9.17) is 0 Å². The fourth-order valence-corrected chi connectivity index (χ4v) is 1.35. The predicted octanol–water partition coefficient (Wildman–Crippen LogP) is 2.30. The second-order valence-corrected chi connectivity index (χ2v) is 4.68. The maximum atomic E-state index is 11.9. The third-order valence-electron chi connectivity index (χ3n) is 1.69. The lowest BCUT2D eigenvalue weighted by Crippen LogP contribution is -2.20. The van der Waals surface area contributed by atoms with Gasteiger partial charge in [0.1, 0.15) is 5.75 Å². The van der Waals surface area contributed by atoms with Crippen LogP contribution in [-0.4, -0.2) is 19.0 Å². The van der Waals surface area contributed by atoms with Crippen LogP contribution in [-0.2, 0) is 9.84 Å². The molecule has 0 amide bonds. The van der Waals surface area contributed by atoms with Gasteiger partial charge in [0.2, 0.25) is 0 Å². The molecule has 7 heteroatoms. The highest BCUT2D eigenvalue weighted by Gasteiger charge is 2.43. The van der Waals surface area contributed by atoms with Gasteiger partial charge in [-0.2, -0.15) is 13.2 Å². The molecular weight excluding hydrogens is 245 g/mol. The van der Waals surface area contributed by atoms with Gasteiger partial charge in [0.15, 0.2) is 0 Å². The number of phenolic OH excluding ortho intramolecular Hbond substituents is 1. The lowest BCUT2D eigenvalue weighted by molar-refractivity contribution is -0.0423. The zero-order valence-electron chi connectivity index (χ0n) is 7.77. The van der Waals surface area contributed by atoms with Crippen LogP contribution in [0.1, 0.15) is 5.56 Å². The van der Waals surface area contributed by atoms with E-state index in [9.17, 15) is 26.7 Å². The van der Waals surface area contributed by atoms with Gasteiger partial charge in [0.25, 0.3) is 9.84 Å². The zero-order valence-corrected chi connectivity index (χ0v) is 8.59. The molecule has 1 N–H and O–H groups in total. The van der Waals surface area contributed by atoms with Crippen molar-refractivity contribution in [3.05, 3.63) is 35.2 Å². The molecule has 0 bridgehead atoms. The number of benzene rings is 1. The van der Waals surface area contributed by atoms with Gasteiger partial charge >= 0.3 is 5.51 Å². The topological polar surface area (TPSA) is 54.4 Å². The first kappa shape index (κ1) is 12.6. The third kappa shape index (κ3) is 2.75. The summed E-state index contributed by atoms with van der Waals surface area (Å²) in [5, 5.41) is 9.20. The molecular formula is C9H7F3O3S. The third-order valence-corrected chi connectivity index (χ3v) is 2.83. The highest BCUT2D eigenvalue weighted by Crippen LogP contribution is 2.26. The number of hydrogen-bond acceptors (Lipinski definition) is 3. The van der Waals surface area contributed by atoms with Crippen molar-refractivity contribution < 1.29 is 26.7 Å². The smallest absolute Gasteiger partial charge is 0.501 e. The van der Waals surface area contributed by atoms with Gasteiger partial charge in [-0.25, -0.2) is 8.42 Å². The normalized spacial score (nSPS) is 13.2. The number of para-hydroxylation sites is 1. The van der Waals surface area contributed by atoms with E-state index in [0.717, 1.165) is 0 Å². The van der Waals surface area contributed by atoms with Crippen molar-refractivity contribution >= 4 is 15.9 Å². The number of hydrogen-bond donors (Lipinski definition) is 1. The molecule has 0 fully saturated rings. The maximum Gasteiger partial charge on any atom is 0.501 e. The molecule has 3 nitrogen and oxygen atoms in total. The molecule has 16 heavy (non-hydrogen) atoms. The molecule has 1 aromatic rings. The van der Waals surface area contributed by atoms with Crippen molar-refractivity contribution in [1.29, 1.82) is 0 Å². The molecule has 0 aliphatic heterocycles. The standard InChI is InChI=1S/C9H7F3O3S/c10-9(11,12)16(14,15)6-5-7-3-1-2-4-8(7)13/h1-6,13H. The van der Waals surface area contributed by atoms with Crippen molar-refractivity contribution in [1.82, 2.24) is 0 Å². The summed E-state index contributed by atoms with van der Waals surface area (Å²) in [7, 11) is -5.30. The molecule has 0 aliphatic carbocycles. The lowest BCUT2D eigenvalue weighted by atomic mass is 10.2. The molecule has 0 saturated heterocycles. The van der Waals surface area contributed by atoms with Crippen LogP contribution in [0.2, 0.25) is 0 Å².